The van der Waals surface area contributed by atoms with Gasteiger partial charge in [0.15, 0.2) is 0 Å². The van der Waals surface area contributed by atoms with Gasteiger partial charge in [0.05, 0.1) is 28.4 Å². The first kappa shape index (κ1) is 16.5. The number of para-hydroxylation sites is 1. The van der Waals surface area contributed by atoms with Crippen LogP contribution in [0, 0.1) is 0 Å². The van der Waals surface area contributed by atoms with Crippen molar-refractivity contribution in [3.8, 4) is 5.75 Å². The van der Waals surface area contributed by atoms with E-state index in [0.717, 1.165) is 21.3 Å². The van der Waals surface area contributed by atoms with Gasteiger partial charge in [-0.3, -0.25) is 0 Å². The molecule has 0 atom stereocenters. The molecule has 0 radical (unpaired) electrons. The predicted molar refractivity (Wildman–Crippen MR) is 70.7 cm³/mol. The number of carbonyl (C=O) groups excluding carboxylic acids is 3. The van der Waals surface area contributed by atoms with Gasteiger partial charge in [0.1, 0.15) is 5.75 Å². The maximum absolute atomic E-state index is 12.2. The number of hydrogen-bond donors (Lipinski definition) is 0. The molecule has 1 aromatic rings. The Labute approximate surface area is 121 Å². The zero-order valence-corrected chi connectivity index (χ0v) is 12.2. The Balaban J connectivity index is 3.74. The summed E-state index contributed by atoms with van der Waals surface area (Å²) in [5, 5.41) is 0. The van der Waals surface area contributed by atoms with Gasteiger partial charge in [-0.25, -0.2) is 14.4 Å². The Morgan fingerprint density at radius 2 is 1.24 bits per heavy atom. The van der Waals surface area contributed by atoms with E-state index in [0.29, 0.717) is 0 Å². The molecule has 0 aromatic heterocycles. The second-order valence-corrected chi connectivity index (χ2v) is 3.93. The maximum Gasteiger partial charge on any atom is 0.339 e. The van der Waals surface area contributed by atoms with Crippen molar-refractivity contribution in [1.29, 1.82) is 0 Å². The third-order valence-corrected chi connectivity index (χ3v) is 2.99. The van der Waals surface area contributed by atoms with E-state index in [-0.39, 0.29) is 11.3 Å². The van der Waals surface area contributed by atoms with Gasteiger partial charge in [-0.2, -0.15) is 0 Å². The van der Waals surface area contributed by atoms with Gasteiger partial charge in [0, 0.05) is 5.56 Å². The van der Waals surface area contributed by atoms with E-state index in [1.807, 2.05) is 0 Å². The van der Waals surface area contributed by atoms with E-state index in [9.17, 15) is 14.4 Å². The number of rotatable bonds is 5. The molecule has 0 unspecified atom stereocenters. The van der Waals surface area contributed by atoms with Crippen molar-refractivity contribution >= 4 is 17.9 Å². The fourth-order valence-corrected chi connectivity index (χ4v) is 1.99. The van der Waals surface area contributed by atoms with Crippen LogP contribution in [0.4, 0.5) is 0 Å². The molecule has 114 valence electrons. The zero-order chi connectivity index (χ0) is 16.0. The molecular formula is C14H16O7. The van der Waals surface area contributed by atoms with Crippen molar-refractivity contribution < 1.29 is 33.3 Å². The Bertz CT molecular complexity index is 509. The lowest BCUT2D eigenvalue weighted by atomic mass is 9.79. The Morgan fingerprint density at radius 3 is 1.62 bits per heavy atom. The lowest BCUT2D eigenvalue weighted by molar-refractivity contribution is -0.172. The van der Waals surface area contributed by atoms with E-state index in [2.05, 4.69) is 14.2 Å². The quantitative estimate of drug-likeness (QED) is 0.443. The molecule has 0 amide bonds. The second kappa shape index (κ2) is 6.74. The van der Waals surface area contributed by atoms with Crippen LogP contribution in [0.3, 0.4) is 0 Å². The summed E-state index contributed by atoms with van der Waals surface area (Å²) in [6, 6.07) is 6.06. The molecule has 0 aliphatic carbocycles. The fourth-order valence-electron chi connectivity index (χ4n) is 1.99. The van der Waals surface area contributed by atoms with Crippen LogP contribution in [0.1, 0.15) is 5.56 Å². The first-order valence-corrected chi connectivity index (χ1v) is 5.89. The van der Waals surface area contributed by atoms with Crippen LogP contribution in [-0.4, -0.2) is 46.3 Å². The predicted octanol–water partition coefficient (Wildman–Crippen LogP) is 0.452. The molecule has 7 nitrogen and oxygen atoms in total. The van der Waals surface area contributed by atoms with E-state index >= 15 is 0 Å². The number of esters is 3. The van der Waals surface area contributed by atoms with Gasteiger partial charge in [-0.05, 0) is 6.07 Å². The van der Waals surface area contributed by atoms with Crippen LogP contribution in [-0.2, 0) is 34.0 Å². The highest BCUT2D eigenvalue weighted by atomic mass is 16.6. The van der Waals surface area contributed by atoms with Gasteiger partial charge >= 0.3 is 17.9 Å². The van der Waals surface area contributed by atoms with Crippen LogP contribution < -0.4 is 4.74 Å². The summed E-state index contributed by atoms with van der Waals surface area (Å²) in [6.07, 6.45) is 0. The molecule has 0 heterocycles. The summed E-state index contributed by atoms with van der Waals surface area (Å²) in [5.41, 5.74) is -2.41. The van der Waals surface area contributed by atoms with Gasteiger partial charge in [-0.1, -0.05) is 18.2 Å². The summed E-state index contributed by atoms with van der Waals surface area (Å²) in [4.78, 5) is 36.7. The molecule has 0 aliphatic heterocycles. The molecule has 0 bridgehead atoms. The van der Waals surface area contributed by atoms with Crippen molar-refractivity contribution in [3.05, 3.63) is 29.8 Å². The van der Waals surface area contributed by atoms with Crippen molar-refractivity contribution in [2.45, 2.75) is 5.41 Å². The molecule has 7 heteroatoms. The van der Waals surface area contributed by atoms with Gasteiger partial charge in [-0.15, -0.1) is 0 Å². The van der Waals surface area contributed by atoms with Crippen LogP contribution in [0.25, 0.3) is 0 Å². The maximum atomic E-state index is 12.2. The Kier molecular flexibility index (Phi) is 5.29. The van der Waals surface area contributed by atoms with Crippen LogP contribution >= 0.6 is 0 Å². The third kappa shape index (κ3) is 2.54. The average Bonchev–Trinajstić information content (AvgIpc) is 2.54. The number of methoxy groups -OCH3 is 4. The van der Waals surface area contributed by atoms with Crippen LogP contribution in [0.15, 0.2) is 24.3 Å². The highest BCUT2D eigenvalue weighted by molar-refractivity contribution is 6.24. The SMILES string of the molecule is COC(=O)C(C(=O)OC)(C(=O)OC)c1ccccc1OC. The molecule has 0 fully saturated rings. The standard InChI is InChI=1S/C14H16O7/c1-18-10-8-6-5-7-9(10)14(11(15)19-2,12(16)20-3)13(17)21-4/h5-8H,1-4H3. The van der Waals surface area contributed by atoms with E-state index in [1.165, 1.54) is 19.2 Å². The number of hydrogen-bond acceptors (Lipinski definition) is 7. The van der Waals surface area contributed by atoms with Crippen molar-refractivity contribution in [2.75, 3.05) is 28.4 Å². The van der Waals surface area contributed by atoms with Crippen molar-refractivity contribution in [1.82, 2.24) is 0 Å². The average molecular weight is 296 g/mol. The van der Waals surface area contributed by atoms with E-state index in [4.69, 9.17) is 4.74 Å². The van der Waals surface area contributed by atoms with Crippen molar-refractivity contribution in [2.24, 2.45) is 0 Å². The summed E-state index contributed by atoms with van der Waals surface area (Å²) in [7, 11) is 4.50. The normalized spacial score (nSPS) is 10.5. The highest BCUT2D eigenvalue weighted by Crippen LogP contribution is 2.35. The lowest BCUT2D eigenvalue weighted by Crippen LogP contribution is -2.52. The van der Waals surface area contributed by atoms with E-state index < -0.39 is 23.3 Å². The first-order chi connectivity index (χ1) is 10.00. The number of carbonyl (C=O) groups is 3. The topological polar surface area (TPSA) is 88.1 Å². The summed E-state index contributed by atoms with van der Waals surface area (Å²) in [5.74, 6) is -3.21. The molecule has 0 saturated carbocycles. The van der Waals surface area contributed by atoms with Crippen LogP contribution in [0.5, 0.6) is 5.75 Å². The van der Waals surface area contributed by atoms with E-state index in [1.54, 1.807) is 12.1 Å². The highest BCUT2D eigenvalue weighted by Gasteiger charge is 2.59. The third-order valence-electron chi connectivity index (χ3n) is 2.99. The Morgan fingerprint density at radius 1 is 0.810 bits per heavy atom. The minimum atomic E-state index is -2.40. The molecule has 21 heavy (non-hydrogen) atoms. The van der Waals surface area contributed by atoms with Crippen LogP contribution in [0.2, 0.25) is 0 Å². The second-order valence-electron chi connectivity index (χ2n) is 3.93. The minimum absolute atomic E-state index is 0.0157. The fraction of sp³-hybridized carbons (Fsp3) is 0.357. The molecular weight excluding hydrogens is 280 g/mol. The molecule has 0 aliphatic rings. The zero-order valence-electron chi connectivity index (χ0n) is 12.2. The number of ether oxygens (including phenoxy) is 4. The lowest BCUT2D eigenvalue weighted by Gasteiger charge is -2.27. The minimum Gasteiger partial charge on any atom is -0.496 e. The summed E-state index contributed by atoms with van der Waals surface area (Å²) in [6.45, 7) is 0. The molecule has 0 N–H and O–H groups in total. The van der Waals surface area contributed by atoms with Gasteiger partial charge < -0.3 is 18.9 Å². The first-order valence-electron chi connectivity index (χ1n) is 5.89. The Hall–Kier alpha value is -2.57. The van der Waals surface area contributed by atoms with Crippen molar-refractivity contribution in [3.63, 3.8) is 0 Å². The molecule has 1 rings (SSSR count). The molecule has 0 saturated heterocycles. The largest absolute Gasteiger partial charge is 0.496 e. The summed E-state index contributed by atoms with van der Waals surface area (Å²) >= 11 is 0. The molecule has 0 spiro atoms. The van der Waals surface area contributed by atoms with Gasteiger partial charge in [0.25, 0.3) is 5.41 Å². The smallest absolute Gasteiger partial charge is 0.339 e. The summed E-state index contributed by atoms with van der Waals surface area (Å²) < 4.78 is 19.0. The number of benzene rings is 1. The molecule has 1 aromatic carbocycles. The van der Waals surface area contributed by atoms with Gasteiger partial charge in [0.2, 0.25) is 0 Å². The monoisotopic (exact) mass is 296 g/mol.